The molecule has 0 bridgehead atoms. The molecule has 0 radical (unpaired) electrons. The van der Waals surface area contributed by atoms with Gasteiger partial charge in [-0.05, 0) is 24.3 Å². The van der Waals surface area contributed by atoms with Gasteiger partial charge >= 0.3 is 6.03 Å². The van der Waals surface area contributed by atoms with Crippen molar-refractivity contribution < 1.29 is 9.90 Å². The van der Waals surface area contributed by atoms with E-state index in [2.05, 4.69) is 10.6 Å². The number of carbonyl (C=O) groups is 1. The van der Waals surface area contributed by atoms with E-state index in [-0.39, 0.29) is 21.5 Å². The zero-order valence-electron chi connectivity index (χ0n) is 9.65. The molecule has 19 heavy (non-hydrogen) atoms. The molecule has 0 unspecified atom stereocenters. The molecule has 2 rings (SSSR count). The number of hydrogen-bond donors (Lipinski definition) is 3. The van der Waals surface area contributed by atoms with Crippen molar-refractivity contribution in [2.75, 3.05) is 10.6 Å². The highest BCUT2D eigenvalue weighted by Crippen LogP contribution is 2.37. The number of aromatic hydroxyl groups is 1. The third kappa shape index (κ3) is 3.30. The van der Waals surface area contributed by atoms with E-state index in [1.165, 1.54) is 12.1 Å². The second-order valence-corrected chi connectivity index (χ2v) is 4.49. The zero-order valence-corrected chi connectivity index (χ0v) is 11.2. The molecule has 98 valence electrons. The highest BCUT2D eigenvalue weighted by atomic mass is 35.5. The number of urea groups is 1. The normalized spacial score (nSPS) is 10.0. The number of hydrogen-bond acceptors (Lipinski definition) is 2. The lowest BCUT2D eigenvalue weighted by atomic mass is 10.3. The van der Waals surface area contributed by atoms with Crippen molar-refractivity contribution in [2.24, 2.45) is 0 Å². The van der Waals surface area contributed by atoms with Crippen molar-refractivity contribution in [3.05, 3.63) is 52.5 Å². The number of anilines is 2. The van der Waals surface area contributed by atoms with Crippen LogP contribution in [-0.4, -0.2) is 11.1 Å². The van der Waals surface area contributed by atoms with E-state index in [4.69, 9.17) is 23.2 Å². The summed E-state index contributed by atoms with van der Waals surface area (Å²) in [6.45, 7) is 0. The lowest BCUT2D eigenvalue weighted by molar-refractivity contribution is 0.262. The van der Waals surface area contributed by atoms with Gasteiger partial charge in [0.05, 0.1) is 10.7 Å². The van der Waals surface area contributed by atoms with Gasteiger partial charge in [0.15, 0.2) is 5.75 Å². The maximum absolute atomic E-state index is 11.7. The van der Waals surface area contributed by atoms with E-state index >= 15 is 0 Å². The molecule has 0 aliphatic rings. The van der Waals surface area contributed by atoms with Crippen LogP contribution in [0.2, 0.25) is 10.0 Å². The van der Waals surface area contributed by atoms with Gasteiger partial charge in [-0.1, -0.05) is 41.4 Å². The summed E-state index contributed by atoms with van der Waals surface area (Å²) in [6.07, 6.45) is 0. The Balaban J connectivity index is 2.10. The first-order valence-electron chi connectivity index (χ1n) is 5.38. The number of nitrogens with one attached hydrogen (secondary N) is 2. The van der Waals surface area contributed by atoms with Crippen molar-refractivity contribution in [1.29, 1.82) is 0 Å². The van der Waals surface area contributed by atoms with Gasteiger partial charge in [0.2, 0.25) is 0 Å². The van der Waals surface area contributed by atoms with Crippen molar-refractivity contribution in [2.45, 2.75) is 0 Å². The number of phenolic OH excluding ortho intramolecular Hbond substituents is 1. The van der Waals surface area contributed by atoms with Crippen molar-refractivity contribution in [1.82, 2.24) is 0 Å². The summed E-state index contributed by atoms with van der Waals surface area (Å²) < 4.78 is 0. The van der Waals surface area contributed by atoms with Crippen LogP contribution >= 0.6 is 23.2 Å². The van der Waals surface area contributed by atoms with Gasteiger partial charge < -0.3 is 15.7 Å². The van der Waals surface area contributed by atoms with Crippen LogP contribution in [0, 0.1) is 0 Å². The van der Waals surface area contributed by atoms with Gasteiger partial charge in [-0.25, -0.2) is 4.79 Å². The molecule has 0 heterocycles. The molecule has 0 spiro atoms. The summed E-state index contributed by atoms with van der Waals surface area (Å²) in [4.78, 5) is 11.7. The van der Waals surface area contributed by atoms with Crippen molar-refractivity contribution >= 4 is 40.6 Å². The van der Waals surface area contributed by atoms with Gasteiger partial charge in [-0.3, -0.25) is 0 Å². The minimum Gasteiger partial charge on any atom is -0.504 e. The summed E-state index contributed by atoms with van der Waals surface area (Å²) in [5, 5.41) is 15.0. The maximum atomic E-state index is 11.7. The minimum absolute atomic E-state index is 0.000761. The van der Waals surface area contributed by atoms with Gasteiger partial charge in [-0.2, -0.15) is 0 Å². The Bertz CT molecular complexity index is 603. The average Bonchev–Trinajstić information content (AvgIpc) is 2.41. The first-order valence-corrected chi connectivity index (χ1v) is 6.13. The smallest absolute Gasteiger partial charge is 0.323 e. The molecule has 2 amide bonds. The lowest BCUT2D eigenvalue weighted by Crippen LogP contribution is -2.19. The van der Waals surface area contributed by atoms with Gasteiger partial charge in [-0.15, -0.1) is 0 Å². The second kappa shape index (κ2) is 5.82. The summed E-state index contributed by atoms with van der Waals surface area (Å²) in [5.41, 5.74) is 0.822. The number of carbonyl (C=O) groups excluding carboxylic acids is 1. The molecule has 0 atom stereocenters. The van der Waals surface area contributed by atoms with Crippen LogP contribution in [0.15, 0.2) is 42.5 Å². The standard InChI is InChI=1S/C13H10Cl2N2O2/c14-9-6-7-10(12(18)11(9)15)17-13(19)16-8-4-2-1-3-5-8/h1-7,18H,(H2,16,17,19). The lowest BCUT2D eigenvalue weighted by Gasteiger charge is -2.10. The first kappa shape index (κ1) is 13.5. The molecule has 2 aromatic rings. The van der Waals surface area contributed by atoms with E-state index < -0.39 is 6.03 Å². The quantitative estimate of drug-likeness (QED) is 0.722. The Morgan fingerprint density at radius 2 is 1.68 bits per heavy atom. The Morgan fingerprint density at radius 1 is 1.00 bits per heavy atom. The monoisotopic (exact) mass is 296 g/mol. The first-order chi connectivity index (χ1) is 9.08. The van der Waals surface area contributed by atoms with Gasteiger partial charge in [0.25, 0.3) is 0 Å². The third-order valence-electron chi connectivity index (χ3n) is 2.35. The van der Waals surface area contributed by atoms with E-state index in [1.54, 1.807) is 24.3 Å². The van der Waals surface area contributed by atoms with Crippen LogP contribution in [0.5, 0.6) is 5.75 Å². The Labute approximate surface area is 120 Å². The number of amides is 2. The molecule has 0 aromatic heterocycles. The summed E-state index contributed by atoms with van der Waals surface area (Å²) in [7, 11) is 0. The largest absolute Gasteiger partial charge is 0.504 e. The van der Waals surface area contributed by atoms with Crippen molar-refractivity contribution in [3.63, 3.8) is 0 Å². The van der Waals surface area contributed by atoms with Crippen LogP contribution in [0.3, 0.4) is 0 Å². The van der Waals surface area contributed by atoms with E-state index in [1.807, 2.05) is 6.07 Å². The van der Waals surface area contributed by atoms with E-state index in [0.29, 0.717) is 5.69 Å². The molecular weight excluding hydrogens is 287 g/mol. The van der Waals surface area contributed by atoms with Crippen LogP contribution in [0.1, 0.15) is 0 Å². The van der Waals surface area contributed by atoms with E-state index in [9.17, 15) is 9.90 Å². The minimum atomic E-state index is -0.486. The van der Waals surface area contributed by atoms with Gasteiger partial charge in [0, 0.05) is 5.69 Å². The number of rotatable bonds is 2. The van der Waals surface area contributed by atoms with Crippen LogP contribution in [0.25, 0.3) is 0 Å². The highest BCUT2D eigenvalue weighted by molar-refractivity contribution is 6.43. The molecule has 4 nitrogen and oxygen atoms in total. The average molecular weight is 297 g/mol. The van der Waals surface area contributed by atoms with Crippen LogP contribution < -0.4 is 10.6 Å². The fourth-order valence-corrected chi connectivity index (χ4v) is 1.76. The Kier molecular flexibility index (Phi) is 4.14. The maximum Gasteiger partial charge on any atom is 0.323 e. The fourth-order valence-electron chi connectivity index (χ4n) is 1.45. The Hall–Kier alpha value is -1.91. The Morgan fingerprint density at radius 3 is 2.37 bits per heavy atom. The molecule has 0 aliphatic heterocycles. The molecule has 0 saturated carbocycles. The second-order valence-electron chi connectivity index (χ2n) is 3.70. The number of benzene rings is 2. The van der Waals surface area contributed by atoms with Gasteiger partial charge in [0.1, 0.15) is 5.02 Å². The number of phenols is 1. The SMILES string of the molecule is O=C(Nc1ccccc1)Nc1ccc(Cl)c(Cl)c1O. The molecule has 0 fully saturated rings. The molecule has 3 N–H and O–H groups in total. The summed E-state index contributed by atoms with van der Waals surface area (Å²) >= 11 is 11.5. The van der Waals surface area contributed by atoms with Crippen LogP contribution in [0.4, 0.5) is 16.2 Å². The number of para-hydroxylation sites is 1. The summed E-state index contributed by atoms with van der Waals surface area (Å²) in [6, 6.07) is 11.4. The highest BCUT2D eigenvalue weighted by Gasteiger charge is 2.11. The zero-order chi connectivity index (χ0) is 13.8. The van der Waals surface area contributed by atoms with Crippen LogP contribution in [-0.2, 0) is 0 Å². The van der Waals surface area contributed by atoms with E-state index in [0.717, 1.165) is 0 Å². The molecule has 6 heteroatoms. The fraction of sp³-hybridized carbons (Fsp3) is 0. The summed E-state index contributed by atoms with van der Waals surface area (Å²) in [5.74, 6) is -0.266. The molecule has 0 saturated heterocycles. The number of halogens is 2. The predicted octanol–water partition coefficient (Wildman–Crippen LogP) is 4.34. The third-order valence-corrected chi connectivity index (χ3v) is 3.14. The molecular formula is C13H10Cl2N2O2. The van der Waals surface area contributed by atoms with Crippen molar-refractivity contribution in [3.8, 4) is 5.75 Å². The predicted molar refractivity (Wildman–Crippen MR) is 77.2 cm³/mol. The topological polar surface area (TPSA) is 61.4 Å². The molecule has 2 aromatic carbocycles. The molecule has 0 aliphatic carbocycles.